The number of nitrogens with zero attached hydrogens (tertiary/aromatic N) is 2. The molecule has 0 saturated heterocycles. The molecule has 8 heteroatoms. The van der Waals surface area contributed by atoms with E-state index < -0.39 is 23.1 Å². The maximum absolute atomic E-state index is 13.4. The number of halogens is 2. The molecular weight excluding hydrogens is 354 g/mol. The van der Waals surface area contributed by atoms with E-state index in [2.05, 4.69) is 15.6 Å². The third kappa shape index (κ3) is 4.75. The van der Waals surface area contributed by atoms with Gasteiger partial charge in [0.1, 0.15) is 18.2 Å². The van der Waals surface area contributed by atoms with Crippen LogP contribution in [-0.4, -0.2) is 15.5 Å². The van der Waals surface area contributed by atoms with Gasteiger partial charge in [-0.2, -0.15) is 0 Å². The highest BCUT2D eigenvalue weighted by molar-refractivity contribution is 5.90. The van der Waals surface area contributed by atoms with Crippen LogP contribution in [-0.2, 0) is 11.3 Å². The van der Waals surface area contributed by atoms with E-state index in [0.717, 1.165) is 4.57 Å². The number of rotatable bonds is 5. The Hall–Kier alpha value is -3.55. The first-order chi connectivity index (χ1) is 12.9. The van der Waals surface area contributed by atoms with Gasteiger partial charge >= 0.3 is 0 Å². The van der Waals surface area contributed by atoms with E-state index in [0.29, 0.717) is 11.4 Å². The van der Waals surface area contributed by atoms with Gasteiger partial charge in [-0.3, -0.25) is 14.2 Å². The van der Waals surface area contributed by atoms with Gasteiger partial charge in [0.15, 0.2) is 0 Å². The number of aromatic nitrogens is 2. The minimum Gasteiger partial charge on any atom is -0.325 e. The molecule has 0 bridgehead atoms. The average molecular weight is 370 g/mol. The second-order valence-electron chi connectivity index (χ2n) is 5.84. The topological polar surface area (TPSA) is 76.0 Å². The summed E-state index contributed by atoms with van der Waals surface area (Å²) in [5.74, 6) is -1.38. The fourth-order valence-corrected chi connectivity index (χ4v) is 2.47. The molecule has 2 aromatic carbocycles. The van der Waals surface area contributed by atoms with Gasteiger partial charge in [-0.25, -0.2) is 13.8 Å². The number of carbonyl (C=O) groups excluding carboxylic acids is 1. The molecule has 0 radical (unpaired) electrons. The van der Waals surface area contributed by atoms with Gasteiger partial charge in [-0.1, -0.05) is 12.1 Å². The second-order valence-corrected chi connectivity index (χ2v) is 5.84. The van der Waals surface area contributed by atoms with Crippen molar-refractivity contribution in [2.75, 3.05) is 10.6 Å². The molecule has 2 N–H and O–H groups in total. The lowest BCUT2D eigenvalue weighted by Gasteiger charge is -2.14. The quantitative estimate of drug-likeness (QED) is 0.723. The van der Waals surface area contributed by atoms with E-state index >= 15 is 0 Å². The molecule has 6 nitrogen and oxygen atoms in total. The smallest absolute Gasteiger partial charge is 0.255 e. The minimum atomic E-state index is -0.532. The number of anilines is 3. The molecule has 0 unspecified atom stereocenters. The van der Waals surface area contributed by atoms with Gasteiger partial charge in [0.05, 0.1) is 0 Å². The van der Waals surface area contributed by atoms with Gasteiger partial charge in [-0.05, 0) is 43.3 Å². The third-order valence-electron chi connectivity index (χ3n) is 3.63. The minimum absolute atomic E-state index is 0.0972. The highest BCUT2D eigenvalue weighted by atomic mass is 19.1. The lowest BCUT2D eigenvalue weighted by atomic mass is 10.3. The fraction of sp³-hybridized carbons (Fsp3) is 0.105. The highest BCUT2D eigenvalue weighted by Gasteiger charge is 2.12. The van der Waals surface area contributed by atoms with E-state index in [1.807, 2.05) is 0 Å². The molecule has 3 aromatic rings. The molecule has 0 saturated carbocycles. The summed E-state index contributed by atoms with van der Waals surface area (Å²) in [7, 11) is 0. The molecule has 1 heterocycles. The van der Waals surface area contributed by atoms with Gasteiger partial charge in [0.2, 0.25) is 11.9 Å². The van der Waals surface area contributed by atoms with Crippen LogP contribution >= 0.6 is 0 Å². The second kappa shape index (κ2) is 7.77. The van der Waals surface area contributed by atoms with Crippen LogP contribution in [0.2, 0.25) is 0 Å². The standard InChI is InChI=1S/C19H16F2N4O2/c1-12-8-18(27)25(11-17(26)23-15-6-2-4-13(20)9-15)19(22-12)24-16-7-3-5-14(21)10-16/h2-10H,11H2,1H3,(H,22,24)(H,23,26). The normalized spacial score (nSPS) is 10.5. The number of nitrogens with one attached hydrogen (secondary N) is 2. The van der Waals surface area contributed by atoms with Crippen molar-refractivity contribution in [3.05, 3.63) is 82.3 Å². The van der Waals surface area contributed by atoms with Crippen molar-refractivity contribution in [1.29, 1.82) is 0 Å². The largest absolute Gasteiger partial charge is 0.325 e. The summed E-state index contributed by atoms with van der Waals surface area (Å²) in [6.07, 6.45) is 0. The van der Waals surface area contributed by atoms with Crippen LogP contribution in [0.3, 0.4) is 0 Å². The van der Waals surface area contributed by atoms with Crippen molar-refractivity contribution in [3.8, 4) is 0 Å². The number of carbonyl (C=O) groups is 1. The van der Waals surface area contributed by atoms with Crippen molar-refractivity contribution in [2.24, 2.45) is 0 Å². The van der Waals surface area contributed by atoms with E-state index in [4.69, 9.17) is 0 Å². The molecule has 1 aromatic heterocycles. The van der Waals surface area contributed by atoms with Gasteiger partial charge in [0, 0.05) is 23.1 Å². The Bertz CT molecular complexity index is 1050. The molecule has 0 aliphatic carbocycles. The zero-order valence-electron chi connectivity index (χ0n) is 14.4. The number of hydrogen-bond acceptors (Lipinski definition) is 4. The van der Waals surface area contributed by atoms with Crippen LogP contribution in [0.5, 0.6) is 0 Å². The summed E-state index contributed by atoms with van der Waals surface area (Å²) in [6.45, 7) is 1.29. The van der Waals surface area contributed by atoms with Gasteiger partial charge in [0.25, 0.3) is 5.56 Å². The summed E-state index contributed by atoms with van der Waals surface area (Å²) in [6, 6.07) is 12.3. The lowest BCUT2D eigenvalue weighted by Crippen LogP contribution is -2.30. The van der Waals surface area contributed by atoms with Crippen molar-refractivity contribution < 1.29 is 13.6 Å². The SMILES string of the molecule is Cc1cc(=O)n(CC(=O)Nc2cccc(F)c2)c(Nc2cccc(F)c2)n1. The molecule has 3 rings (SSSR count). The summed E-state index contributed by atoms with van der Waals surface area (Å²) in [5, 5.41) is 5.36. The van der Waals surface area contributed by atoms with Crippen LogP contribution < -0.4 is 16.2 Å². The van der Waals surface area contributed by atoms with E-state index in [-0.39, 0.29) is 18.2 Å². The van der Waals surface area contributed by atoms with E-state index in [9.17, 15) is 18.4 Å². The molecule has 138 valence electrons. The first-order valence-corrected chi connectivity index (χ1v) is 8.07. The zero-order chi connectivity index (χ0) is 19.4. The Balaban J connectivity index is 1.85. The Morgan fingerprint density at radius 3 is 2.33 bits per heavy atom. The predicted molar refractivity (Wildman–Crippen MR) is 97.9 cm³/mol. The molecule has 27 heavy (non-hydrogen) atoms. The Kier molecular flexibility index (Phi) is 5.25. The van der Waals surface area contributed by atoms with Crippen molar-refractivity contribution in [3.63, 3.8) is 0 Å². The monoisotopic (exact) mass is 370 g/mol. The molecular formula is C19H16F2N4O2. The summed E-state index contributed by atoms with van der Waals surface area (Å²) < 4.78 is 27.7. The Morgan fingerprint density at radius 2 is 1.67 bits per heavy atom. The Labute approximate surface area is 153 Å². The summed E-state index contributed by atoms with van der Waals surface area (Å²) in [5.41, 5.74) is 0.649. The van der Waals surface area contributed by atoms with Crippen LogP contribution in [0.4, 0.5) is 26.1 Å². The first-order valence-electron chi connectivity index (χ1n) is 8.07. The van der Waals surface area contributed by atoms with Gasteiger partial charge in [-0.15, -0.1) is 0 Å². The average Bonchev–Trinajstić information content (AvgIpc) is 2.58. The van der Waals surface area contributed by atoms with Crippen LogP contribution in [0.25, 0.3) is 0 Å². The Morgan fingerprint density at radius 1 is 1.04 bits per heavy atom. The number of hydrogen-bond donors (Lipinski definition) is 2. The first kappa shape index (κ1) is 18.2. The van der Waals surface area contributed by atoms with Crippen molar-refractivity contribution in [2.45, 2.75) is 13.5 Å². The number of aryl methyl sites for hydroxylation is 1. The summed E-state index contributed by atoms with van der Waals surface area (Å²) in [4.78, 5) is 28.8. The van der Waals surface area contributed by atoms with Gasteiger partial charge < -0.3 is 10.6 Å². The van der Waals surface area contributed by atoms with Crippen LogP contribution in [0.1, 0.15) is 5.69 Å². The molecule has 0 fully saturated rings. The molecule has 0 atom stereocenters. The van der Waals surface area contributed by atoms with Crippen molar-refractivity contribution >= 4 is 23.2 Å². The third-order valence-corrected chi connectivity index (χ3v) is 3.63. The molecule has 0 aliphatic rings. The molecule has 0 aliphatic heterocycles. The van der Waals surface area contributed by atoms with Crippen LogP contribution in [0, 0.1) is 18.6 Å². The molecule has 1 amide bonds. The van der Waals surface area contributed by atoms with E-state index in [1.54, 1.807) is 13.0 Å². The number of benzene rings is 2. The predicted octanol–water partition coefficient (Wildman–Crippen LogP) is 3.21. The van der Waals surface area contributed by atoms with Crippen molar-refractivity contribution in [1.82, 2.24) is 9.55 Å². The highest BCUT2D eigenvalue weighted by Crippen LogP contribution is 2.15. The fourth-order valence-electron chi connectivity index (χ4n) is 2.47. The van der Waals surface area contributed by atoms with E-state index in [1.165, 1.54) is 48.5 Å². The van der Waals surface area contributed by atoms with Crippen LogP contribution in [0.15, 0.2) is 59.4 Å². The maximum atomic E-state index is 13.4. The zero-order valence-corrected chi connectivity index (χ0v) is 14.4. The summed E-state index contributed by atoms with van der Waals surface area (Å²) >= 11 is 0. The molecule has 0 spiro atoms. The maximum Gasteiger partial charge on any atom is 0.255 e. The lowest BCUT2D eigenvalue weighted by molar-refractivity contribution is -0.116. The number of amides is 1.